The molecule has 0 aliphatic rings. The number of benzene rings is 2. The lowest BCUT2D eigenvalue weighted by Crippen LogP contribution is -1.92. The summed E-state index contributed by atoms with van der Waals surface area (Å²) in [4.78, 5) is 4.58. The number of nitrogens with two attached hydrogens (primary N) is 1. The highest BCUT2D eigenvalue weighted by Crippen LogP contribution is 2.39. The highest BCUT2D eigenvalue weighted by molar-refractivity contribution is 7.21. The molecule has 0 fully saturated rings. The number of rotatable bonds is 2. The average Bonchev–Trinajstić information content (AvgIpc) is 2.84. The topological polar surface area (TPSA) is 48.1 Å². The summed E-state index contributed by atoms with van der Waals surface area (Å²) in [5, 5.41) is 1.97. The van der Waals surface area contributed by atoms with E-state index in [1.165, 1.54) is 0 Å². The van der Waals surface area contributed by atoms with Gasteiger partial charge in [-0.1, -0.05) is 23.2 Å². The van der Waals surface area contributed by atoms with E-state index in [9.17, 15) is 0 Å². The first kappa shape index (κ1) is 13.5. The quantitative estimate of drug-likeness (QED) is 0.685. The van der Waals surface area contributed by atoms with Crippen LogP contribution in [0.4, 0.5) is 5.69 Å². The molecule has 0 atom stereocenters. The predicted molar refractivity (Wildman–Crippen MR) is 86.0 cm³/mol. The summed E-state index contributed by atoms with van der Waals surface area (Å²) in [6.45, 7) is 0. The van der Waals surface area contributed by atoms with E-state index in [1.807, 2.05) is 18.2 Å². The Morgan fingerprint density at radius 2 is 2.00 bits per heavy atom. The molecular weight excluding hydrogens is 315 g/mol. The number of fused-ring (bicyclic) bond motifs is 1. The van der Waals surface area contributed by atoms with Crippen molar-refractivity contribution in [3.63, 3.8) is 0 Å². The molecule has 0 bridgehead atoms. The molecule has 0 radical (unpaired) electrons. The van der Waals surface area contributed by atoms with Crippen LogP contribution < -0.4 is 10.5 Å². The summed E-state index contributed by atoms with van der Waals surface area (Å²) in [5.41, 5.74) is 7.95. The van der Waals surface area contributed by atoms with Crippen molar-refractivity contribution in [1.82, 2.24) is 4.98 Å². The summed E-state index contributed by atoms with van der Waals surface area (Å²) < 4.78 is 6.41. The molecule has 3 aromatic rings. The molecule has 6 heteroatoms. The van der Waals surface area contributed by atoms with Crippen LogP contribution in [0, 0.1) is 0 Å². The summed E-state index contributed by atoms with van der Waals surface area (Å²) in [6.07, 6.45) is 0. The van der Waals surface area contributed by atoms with Crippen molar-refractivity contribution in [2.24, 2.45) is 0 Å². The number of nitrogen functional groups attached to an aromatic ring is 1. The molecule has 2 N–H and O–H groups in total. The standard InChI is InChI=1S/C14H10Cl2N2OS/c1-19-12-6-10(17)9(16)5-8(12)14-18-11-4-7(15)2-3-13(11)20-14/h2-6H,17H2,1H3. The molecule has 3 rings (SSSR count). The van der Waals surface area contributed by atoms with Crippen molar-refractivity contribution in [2.75, 3.05) is 12.8 Å². The molecular formula is C14H10Cl2N2OS. The molecule has 3 nitrogen and oxygen atoms in total. The minimum Gasteiger partial charge on any atom is -0.496 e. The Morgan fingerprint density at radius 3 is 2.75 bits per heavy atom. The molecule has 2 aromatic carbocycles. The van der Waals surface area contributed by atoms with Crippen LogP contribution >= 0.6 is 34.5 Å². The molecule has 0 saturated carbocycles. The van der Waals surface area contributed by atoms with Crippen LogP contribution in [-0.2, 0) is 0 Å². The van der Waals surface area contributed by atoms with Crippen LogP contribution in [0.2, 0.25) is 10.0 Å². The van der Waals surface area contributed by atoms with Crippen molar-refractivity contribution >= 4 is 50.4 Å². The van der Waals surface area contributed by atoms with E-state index in [2.05, 4.69) is 4.98 Å². The van der Waals surface area contributed by atoms with Gasteiger partial charge in [-0.05, 0) is 24.3 Å². The molecule has 102 valence electrons. The molecule has 1 heterocycles. The number of aromatic nitrogens is 1. The second-order valence-corrected chi connectivity index (χ2v) is 6.08. The molecule has 0 aliphatic carbocycles. The maximum atomic E-state index is 6.09. The minimum absolute atomic E-state index is 0.483. The van der Waals surface area contributed by atoms with Gasteiger partial charge in [0.05, 0.1) is 33.6 Å². The maximum absolute atomic E-state index is 6.09. The van der Waals surface area contributed by atoms with Gasteiger partial charge in [-0.3, -0.25) is 0 Å². The number of halogens is 2. The zero-order chi connectivity index (χ0) is 14.3. The molecule has 0 aliphatic heterocycles. The van der Waals surface area contributed by atoms with Crippen molar-refractivity contribution in [3.05, 3.63) is 40.4 Å². The highest BCUT2D eigenvalue weighted by atomic mass is 35.5. The first-order valence-corrected chi connectivity index (χ1v) is 7.35. The minimum atomic E-state index is 0.483. The lowest BCUT2D eigenvalue weighted by atomic mass is 10.2. The molecule has 0 saturated heterocycles. The second kappa shape index (κ2) is 5.13. The number of methoxy groups -OCH3 is 1. The molecule has 0 amide bonds. The van der Waals surface area contributed by atoms with Gasteiger partial charge in [0.25, 0.3) is 0 Å². The fraction of sp³-hybridized carbons (Fsp3) is 0.0714. The predicted octanol–water partition coefficient (Wildman–Crippen LogP) is 4.86. The van der Waals surface area contributed by atoms with Crippen LogP contribution in [0.15, 0.2) is 30.3 Å². The summed E-state index contributed by atoms with van der Waals surface area (Å²) in [7, 11) is 1.59. The monoisotopic (exact) mass is 324 g/mol. The fourth-order valence-electron chi connectivity index (χ4n) is 1.92. The fourth-order valence-corrected chi connectivity index (χ4v) is 3.22. The van der Waals surface area contributed by atoms with E-state index in [4.69, 9.17) is 33.7 Å². The van der Waals surface area contributed by atoms with Gasteiger partial charge in [0.15, 0.2) is 0 Å². The van der Waals surface area contributed by atoms with Crippen molar-refractivity contribution < 1.29 is 4.74 Å². The Hall–Kier alpha value is -1.49. The number of thiazole rings is 1. The van der Waals surface area contributed by atoms with Crippen molar-refractivity contribution in [3.8, 4) is 16.3 Å². The van der Waals surface area contributed by atoms with Crippen LogP contribution in [-0.4, -0.2) is 12.1 Å². The van der Waals surface area contributed by atoms with Gasteiger partial charge >= 0.3 is 0 Å². The first-order chi connectivity index (χ1) is 9.58. The summed E-state index contributed by atoms with van der Waals surface area (Å²) in [6, 6.07) is 9.11. The van der Waals surface area contributed by atoms with Crippen LogP contribution in [0.1, 0.15) is 0 Å². The highest BCUT2D eigenvalue weighted by Gasteiger charge is 2.14. The Morgan fingerprint density at radius 1 is 1.20 bits per heavy atom. The second-order valence-electron chi connectivity index (χ2n) is 4.21. The third-order valence-electron chi connectivity index (χ3n) is 2.90. The van der Waals surface area contributed by atoms with Gasteiger partial charge in [0, 0.05) is 11.1 Å². The zero-order valence-corrected chi connectivity index (χ0v) is 12.8. The Kier molecular flexibility index (Phi) is 3.46. The van der Waals surface area contributed by atoms with E-state index in [0.29, 0.717) is 21.5 Å². The maximum Gasteiger partial charge on any atom is 0.131 e. The van der Waals surface area contributed by atoms with Crippen LogP contribution in [0.25, 0.3) is 20.8 Å². The Bertz CT molecular complexity index is 801. The number of ether oxygens (including phenoxy) is 1. The summed E-state index contributed by atoms with van der Waals surface area (Å²) in [5.74, 6) is 0.650. The molecule has 0 spiro atoms. The first-order valence-electron chi connectivity index (χ1n) is 5.78. The SMILES string of the molecule is COc1cc(N)c(Cl)cc1-c1nc2cc(Cl)ccc2s1. The third kappa shape index (κ3) is 2.30. The zero-order valence-electron chi connectivity index (χ0n) is 10.5. The van der Waals surface area contributed by atoms with Crippen molar-refractivity contribution in [1.29, 1.82) is 0 Å². The van der Waals surface area contributed by atoms with Crippen LogP contribution in [0.5, 0.6) is 5.75 Å². The smallest absolute Gasteiger partial charge is 0.131 e. The van der Waals surface area contributed by atoms with E-state index in [0.717, 1.165) is 20.8 Å². The number of hydrogen-bond donors (Lipinski definition) is 1. The lowest BCUT2D eigenvalue weighted by Gasteiger charge is -2.08. The van der Waals surface area contributed by atoms with Gasteiger partial charge in [-0.25, -0.2) is 4.98 Å². The molecule has 20 heavy (non-hydrogen) atoms. The average molecular weight is 325 g/mol. The van der Waals surface area contributed by atoms with Gasteiger partial charge < -0.3 is 10.5 Å². The van der Waals surface area contributed by atoms with E-state index >= 15 is 0 Å². The number of anilines is 1. The summed E-state index contributed by atoms with van der Waals surface area (Å²) >= 11 is 13.6. The normalized spacial score (nSPS) is 10.9. The Balaban J connectivity index is 2.22. The molecule has 0 unspecified atom stereocenters. The molecule has 1 aromatic heterocycles. The van der Waals surface area contributed by atoms with Gasteiger partial charge in [0.1, 0.15) is 10.8 Å². The van der Waals surface area contributed by atoms with Gasteiger partial charge in [0.2, 0.25) is 0 Å². The lowest BCUT2D eigenvalue weighted by molar-refractivity contribution is 0.416. The van der Waals surface area contributed by atoms with Gasteiger partial charge in [-0.2, -0.15) is 0 Å². The Labute approximate surface area is 129 Å². The third-order valence-corrected chi connectivity index (χ3v) is 4.53. The number of nitrogens with zero attached hydrogens (tertiary/aromatic N) is 1. The van der Waals surface area contributed by atoms with E-state index in [1.54, 1.807) is 30.6 Å². The van der Waals surface area contributed by atoms with Crippen LogP contribution in [0.3, 0.4) is 0 Å². The van der Waals surface area contributed by atoms with Crippen molar-refractivity contribution in [2.45, 2.75) is 0 Å². The van der Waals surface area contributed by atoms with E-state index < -0.39 is 0 Å². The van der Waals surface area contributed by atoms with Gasteiger partial charge in [-0.15, -0.1) is 11.3 Å². The van der Waals surface area contributed by atoms with E-state index in [-0.39, 0.29) is 0 Å². The number of hydrogen-bond acceptors (Lipinski definition) is 4. The largest absolute Gasteiger partial charge is 0.496 e.